The highest BCUT2D eigenvalue weighted by atomic mass is 19.1. The fourth-order valence-corrected chi connectivity index (χ4v) is 2.22. The largest absolute Gasteiger partial charge is 0.494 e. The first-order valence-corrected chi connectivity index (χ1v) is 7.28. The fraction of sp³-hybridized carbons (Fsp3) is 0.375. The number of nitrogens with zero attached hydrogens (tertiary/aromatic N) is 3. The Hall–Kier alpha value is -2.61. The van der Waals surface area contributed by atoms with Crippen molar-refractivity contribution in [1.82, 2.24) is 10.1 Å². The number of rotatable bonds is 6. The van der Waals surface area contributed by atoms with Crippen molar-refractivity contribution in [2.24, 2.45) is 0 Å². The molecule has 0 bridgehead atoms. The van der Waals surface area contributed by atoms with Gasteiger partial charge in [0.15, 0.2) is 23.1 Å². The summed E-state index contributed by atoms with van der Waals surface area (Å²) in [6.07, 6.45) is 0. The molecule has 0 aliphatic carbocycles. The third-order valence-electron chi connectivity index (χ3n) is 3.51. The van der Waals surface area contributed by atoms with E-state index < -0.39 is 5.82 Å². The molecule has 7 nitrogen and oxygen atoms in total. The zero-order chi connectivity index (χ0) is 17.9. The molecule has 0 radical (unpaired) electrons. The van der Waals surface area contributed by atoms with Crippen molar-refractivity contribution in [2.75, 3.05) is 46.3 Å². The number of halogens is 1. The summed E-state index contributed by atoms with van der Waals surface area (Å²) in [4.78, 5) is 15.7. The van der Waals surface area contributed by atoms with Crippen molar-refractivity contribution < 1.29 is 23.6 Å². The van der Waals surface area contributed by atoms with Gasteiger partial charge in [0.1, 0.15) is 5.56 Å². The predicted octanol–water partition coefficient (Wildman–Crippen LogP) is 1.62. The number of carbonyl (C=O) groups excluding carboxylic acids is 1. The molecule has 1 heterocycles. The first kappa shape index (κ1) is 17.7. The van der Waals surface area contributed by atoms with Gasteiger partial charge in [0.05, 0.1) is 13.7 Å². The number of hydrogen-bond donors (Lipinski definition) is 1. The van der Waals surface area contributed by atoms with Crippen LogP contribution in [0, 0.1) is 5.82 Å². The maximum Gasteiger partial charge on any atom is 0.261 e. The molecule has 1 aromatic carbocycles. The van der Waals surface area contributed by atoms with Crippen LogP contribution < -0.4 is 9.64 Å². The summed E-state index contributed by atoms with van der Waals surface area (Å²) in [5.74, 6) is -0.265. The Morgan fingerprint density at radius 1 is 1.38 bits per heavy atom. The standard InChI is InChI=1S/C16H20FN3O4/c1-19(2)15-13(16(22)20(3)7-8-21)14(24-18-15)10-5-6-11(17)12(9-10)23-4/h5-6,9,21H,7-8H2,1-4H3. The number of hydrogen-bond acceptors (Lipinski definition) is 6. The minimum atomic E-state index is -0.515. The van der Waals surface area contributed by atoms with Gasteiger partial charge in [0.2, 0.25) is 0 Å². The Morgan fingerprint density at radius 2 is 2.08 bits per heavy atom. The van der Waals surface area contributed by atoms with E-state index in [-0.39, 0.29) is 36.1 Å². The number of aliphatic hydroxyl groups excluding tert-OH is 1. The molecule has 0 saturated carbocycles. The van der Waals surface area contributed by atoms with E-state index in [2.05, 4.69) is 5.16 Å². The lowest BCUT2D eigenvalue weighted by atomic mass is 10.1. The van der Waals surface area contributed by atoms with Crippen molar-refractivity contribution in [3.05, 3.63) is 29.6 Å². The number of amides is 1. The minimum absolute atomic E-state index is 0.0393. The number of aliphatic hydroxyl groups is 1. The molecule has 130 valence electrons. The van der Waals surface area contributed by atoms with Gasteiger partial charge < -0.3 is 24.2 Å². The highest BCUT2D eigenvalue weighted by Crippen LogP contribution is 2.34. The molecule has 0 spiro atoms. The average Bonchev–Trinajstić information content (AvgIpc) is 3.00. The lowest BCUT2D eigenvalue weighted by Crippen LogP contribution is -2.30. The van der Waals surface area contributed by atoms with E-state index in [1.807, 2.05) is 0 Å². The molecule has 24 heavy (non-hydrogen) atoms. The first-order chi connectivity index (χ1) is 11.4. The highest BCUT2D eigenvalue weighted by Gasteiger charge is 2.28. The maximum atomic E-state index is 13.6. The van der Waals surface area contributed by atoms with Gasteiger partial charge in [-0.25, -0.2) is 4.39 Å². The quantitative estimate of drug-likeness (QED) is 0.863. The monoisotopic (exact) mass is 337 g/mol. The summed E-state index contributed by atoms with van der Waals surface area (Å²) in [5, 5.41) is 13.0. The molecule has 0 saturated heterocycles. The molecule has 2 rings (SSSR count). The van der Waals surface area contributed by atoms with Gasteiger partial charge >= 0.3 is 0 Å². The van der Waals surface area contributed by atoms with Crippen LogP contribution in [0.25, 0.3) is 11.3 Å². The first-order valence-electron chi connectivity index (χ1n) is 7.28. The van der Waals surface area contributed by atoms with E-state index in [1.54, 1.807) is 26.0 Å². The smallest absolute Gasteiger partial charge is 0.261 e. The molecular weight excluding hydrogens is 317 g/mol. The van der Waals surface area contributed by atoms with Gasteiger partial charge in [0, 0.05) is 33.3 Å². The molecule has 0 atom stereocenters. The highest BCUT2D eigenvalue weighted by molar-refractivity contribution is 6.04. The SMILES string of the molecule is COc1cc(-c2onc(N(C)C)c2C(=O)N(C)CCO)ccc1F. The van der Waals surface area contributed by atoms with E-state index in [1.165, 1.54) is 30.2 Å². The normalized spacial score (nSPS) is 10.6. The third-order valence-corrected chi connectivity index (χ3v) is 3.51. The van der Waals surface area contributed by atoms with Crippen molar-refractivity contribution in [2.45, 2.75) is 0 Å². The average molecular weight is 337 g/mol. The molecule has 0 fully saturated rings. The van der Waals surface area contributed by atoms with Crippen LogP contribution in [-0.4, -0.2) is 62.5 Å². The molecule has 1 aromatic heterocycles. The number of likely N-dealkylation sites (N-methyl/N-ethyl adjacent to an activating group) is 1. The van der Waals surface area contributed by atoms with Crippen molar-refractivity contribution >= 4 is 11.7 Å². The number of methoxy groups -OCH3 is 1. The Bertz CT molecular complexity index is 730. The molecule has 1 N–H and O–H groups in total. The maximum absolute atomic E-state index is 13.6. The van der Waals surface area contributed by atoms with E-state index in [9.17, 15) is 9.18 Å². The Balaban J connectivity index is 2.57. The zero-order valence-corrected chi connectivity index (χ0v) is 14.0. The summed E-state index contributed by atoms with van der Waals surface area (Å²) in [7, 11) is 6.39. The second kappa shape index (κ2) is 7.31. The van der Waals surface area contributed by atoms with E-state index >= 15 is 0 Å². The molecule has 8 heteroatoms. The Labute approximate surface area is 139 Å². The lowest BCUT2D eigenvalue weighted by molar-refractivity contribution is 0.0768. The van der Waals surface area contributed by atoms with E-state index in [4.69, 9.17) is 14.4 Å². The minimum Gasteiger partial charge on any atom is -0.494 e. The van der Waals surface area contributed by atoms with Gasteiger partial charge in [-0.15, -0.1) is 0 Å². The number of benzene rings is 1. The Kier molecular flexibility index (Phi) is 5.40. The van der Waals surface area contributed by atoms with Crippen LogP contribution in [0.2, 0.25) is 0 Å². The Morgan fingerprint density at radius 3 is 2.67 bits per heavy atom. The summed E-state index contributed by atoms with van der Waals surface area (Å²) >= 11 is 0. The molecular formula is C16H20FN3O4. The molecule has 0 unspecified atom stereocenters. The van der Waals surface area contributed by atoms with Crippen LogP contribution in [0.3, 0.4) is 0 Å². The number of anilines is 1. The van der Waals surface area contributed by atoms with Crippen LogP contribution in [0.5, 0.6) is 5.75 Å². The molecule has 1 amide bonds. The van der Waals surface area contributed by atoms with Gasteiger partial charge in [-0.2, -0.15) is 0 Å². The summed E-state index contributed by atoms with van der Waals surface area (Å²) in [6.45, 7) is 0.00752. The fourth-order valence-electron chi connectivity index (χ4n) is 2.22. The number of carbonyl (C=O) groups is 1. The summed E-state index contributed by atoms with van der Waals surface area (Å²) in [6, 6.07) is 4.16. The van der Waals surface area contributed by atoms with Crippen LogP contribution >= 0.6 is 0 Å². The second-order valence-electron chi connectivity index (χ2n) is 5.40. The van der Waals surface area contributed by atoms with Crippen LogP contribution in [-0.2, 0) is 0 Å². The van der Waals surface area contributed by atoms with E-state index in [0.717, 1.165) is 0 Å². The second-order valence-corrected chi connectivity index (χ2v) is 5.40. The number of aromatic nitrogens is 1. The predicted molar refractivity (Wildman–Crippen MR) is 86.8 cm³/mol. The van der Waals surface area contributed by atoms with Gasteiger partial charge in [-0.05, 0) is 18.2 Å². The third kappa shape index (κ3) is 3.33. The zero-order valence-electron chi connectivity index (χ0n) is 14.0. The summed E-state index contributed by atoms with van der Waals surface area (Å²) in [5.41, 5.74) is 0.708. The van der Waals surface area contributed by atoms with Gasteiger partial charge in [-0.1, -0.05) is 5.16 Å². The van der Waals surface area contributed by atoms with Gasteiger partial charge in [-0.3, -0.25) is 4.79 Å². The van der Waals surface area contributed by atoms with Gasteiger partial charge in [0.25, 0.3) is 5.91 Å². The molecule has 0 aliphatic rings. The summed E-state index contributed by atoms with van der Waals surface area (Å²) < 4.78 is 23.9. The van der Waals surface area contributed by atoms with Crippen molar-refractivity contribution in [1.29, 1.82) is 0 Å². The van der Waals surface area contributed by atoms with E-state index in [0.29, 0.717) is 11.4 Å². The topological polar surface area (TPSA) is 79.0 Å². The van der Waals surface area contributed by atoms with Crippen LogP contribution in [0.4, 0.5) is 10.2 Å². The number of ether oxygens (including phenoxy) is 1. The lowest BCUT2D eigenvalue weighted by Gasteiger charge is -2.17. The molecule has 0 aliphatic heterocycles. The van der Waals surface area contributed by atoms with Crippen molar-refractivity contribution in [3.63, 3.8) is 0 Å². The van der Waals surface area contributed by atoms with Crippen LogP contribution in [0.1, 0.15) is 10.4 Å². The molecule has 2 aromatic rings. The van der Waals surface area contributed by atoms with Crippen LogP contribution in [0.15, 0.2) is 22.7 Å². The van der Waals surface area contributed by atoms with Crippen molar-refractivity contribution in [3.8, 4) is 17.1 Å².